The molecule has 2 amide bonds. The molecule has 0 saturated carbocycles. The molecule has 0 heterocycles. The summed E-state index contributed by atoms with van der Waals surface area (Å²) in [6, 6.07) is 9.30. The molecule has 0 aliphatic carbocycles. The van der Waals surface area contributed by atoms with Gasteiger partial charge in [0.25, 0.3) is 0 Å². The first-order valence-electron chi connectivity index (χ1n) is 5.72. The van der Waals surface area contributed by atoms with Gasteiger partial charge in [-0.3, -0.25) is 0 Å². The number of nitrogens with zero attached hydrogens (tertiary/aromatic N) is 1. The van der Waals surface area contributed by atoms with Gasteiger partial charge in [0, 0.05) is 19.3 Å². The Labute approximate surface area is 103 Å². The fraction of sp³-hybridized carbons (Fsp3) is 0.462. The molecule has 0 atom stereocenters. The number of benzene rings is 1. The van der Waals surface area contributed by atoms with E-state index in [1.54, 1.807) is 11.9 Å². The Bertz CT molecular complexity index is 362. The summed E-state index contributed by atoms with van der Waals surface area (Å²) in [7, 11) is 1.77. The van der Waals surface area contributed by atoms with Crippen LogP contribution in [0, 0.1) is 5.41 Å². The lowest BCUT2D eigenvalue weighted by molar-refractivity contribution is 0.197. The second kappa shape index (κ2) is 5.68. The fourth-order valence-corrected chi connectivity index (χ4v) is 1.52. The number of hydrogen-bond acceptors (Lipinski definition) is 2. The van der Waals surface area contributed by atoms with Crippen LogP contribution < -0.4 is 11.1 Å². The molecule has 0 unspecified atom stereocenters. The highest BCUT2D eigenvalue weighted by Gasteiger charge is 2.20. The Morgan fingerprint density at radius 3 is 2.47 bits per heavy atom. The molecule has 1 rings (SSSR count). The maximum Gasteiger partial charge on any atom is 0.321 e. The largest absolute Gasteiger partial charge is 0.330 e. The molecule has 1 aromatic carbocycles. The van der Waals surface area contributed by atoms with Gasteiger partial charge in [0.2, 0.25) is 0 Å². The summed E-state index contributed by atoms with van der Waals surface area (Å²) >= 11 is 0. The molecule has 1 aromatic rings. The lowest BCUT2D eigenvalue weighted by Gasteiger charge is -2.29. The lowest BCUT2D eigenvalue weighted by atomic mass is 9.93. The van der Waals surface area contributed by atoms with Crippen LogP contribution in [0.1, 0.15) is 13.8 Å². The number of carbonyl (C=O) groups is 1. The van der Waals surface area contributed by atoms with Gasteiger partial charge in [-0.2, -0.15) is 0 Å². The van der Waals surface area contributed by atoms with Crippen LogP contribution in [0.4, 0.5) is 10.5 Å². The van der Waals surface area contributed by atoms with Crippen molar-refractivity contribution in [3.63, 3.8) is 0 Å². The summed E-state index contributed by atoms with van der Waals surface area (Å²) in [5.74, 6) is 0. The maximum absolute atomic E-state index is 11.9. The number of carbonyl (C=O) groups excluding carboxylic acids is 1. The summed E-state index contributed by atoms with van der Waals surface area (Å²) in [6.45, 7) is 5.26. The van der Waals surface area contributed by atoms with Gasteiger partial charge in [-0.1, -0.05) is 32.0 Å². The first kappa shape index (κ1) is 13.5. The van der Waals surface area contributed by atoms with Crippen LogP contribution in [-0.2, 0) is 0 Å². The number of anilines is 1. The van der Waals surface area contributed by atoms with Crippen LogP contribution in [0.25, 0.3) is 0 Å². The van der Waals surface area contributed by atoms with E-state index in [1.807, 2.05) is 44.2 Å². The van der Waals surface area contributed by atoms with Crippen LogP contribution >= 0.6 is 0 Å². The number of rotatable bonds is 4. The summed E-state index contributed by atoms with van der Waals surface area (Å²) in [6.07, 6.45) is 0. The van der Waals surface area contributed by atoms with Crippen LogP contribution in [-0.4, -0.2) is 31.1 Å². The molecule has 0 aliphatic rings. The zero-order valence-electron chi connectivity index (χ0n) is 10.7. The standard InChI is InChI=1S/C13H21N3O/c1-13(2,9-14)10-16(3)12(17)15-11-7-5-4-6-8-11/h4-8H,9-10,14H2,1-3H3,(H,15,17). The number of nitrogens with two attached hydrogens (primary N) is 1. The molecule has 0 aromatic heterocycles. The van der Waals surface area contributed by atoms with E-state index in [2.05, 4.69) is 5.32 Å². The molecule has 0 bridgehead atoms. The molecule has 0 aliphatic heterocycles. The number of urea groups is 1. The molecule has 94 valence electrons. The third-order valence-corrected chi connectivity index (χ3v) is 2.59. The van der Waals surface area contributed by atoms with E-state index in [0.717, 1.165) is 5.69 Å². The Morgan fingerprint density at radius 1 is 1.35 bits per heavy atom. The van der Waals surface area contributed by atoms with Gasteiger partial charge >= 0.3 is 6.03 Å². The molecular weight excluding hydrogens is 214 g/mol. The minimum absolute atomic E-state index is 0.0667. The van der Waals surface area contributed by atoms with E-state index in [-0.39, 0.29) is 11.4 Å². The third kappa shape index (κ3) is 4.44. The highest BCUT2D eigenvalue weighted by molar-refractivity contribution is 5.89. The minimum atomic E-state index is -0.113. The van der Waals surface area contributed by atoms with Crippen LogP contribution in [0.3, 0.4) is 0 Å². The van der Waals surface area contributed by atoms with E-state index < -0.39 is 0 Å². The Hall–Kier alpha value is -1.55. The highest BCUT2D eigenvalue weighted by Crippen LogP contribution is 2.14. The zero-order valence-corrected chi connectivity index (χ0v) is 10.7. The van der Waals surface area contributed by atoms with Crippen LogP contribution in [0.2, 0.25) is 0 Å². The van der Waals surface area contributed by atoms with E-state index in [0.29, 0.717) is 13.1 Å². The van der Waals surface area contributed by atoms with E-state index in [9.17, 15) is 4.79 Å². The van der Waals surface area contributed by atoms with E-state index in [4.69, 9.17) is 5.73 Å². The summed E-state index contributed by atoms with van der Waals surface area (Å²) in [4.78, 5) is 13.5. The smallest absolute Gasteiger partial charge is 0.321 e. The Kier molecular flexibility index (Phi) is 4.52. The molecule has 0 radical (unpaired) electrons. The third-order valence-electron chi connectivity index (χ3n) is 2.59. The molecular formula is C13H21N3O. The van der Waals surface area contributed by atoms with Crippen molar-refractivity contribution in [2.45, 2.75) is 13.8 Å². The predicted octanol–water partition coefficient (Wildman–Crippen LogP) is 2.14. The Morgan fingerprint density at radius 2 is 1.94 bits per heavy atom. The molecule has 0 spiro atoms. The average Bonchev–Trinajstić information content (AvgIpc) is 2.30. The van der Waals surface area contributed by atoms with Crippen molar-refractivity contribution >= 4 is 11.7 Å². The number of hydrogen-bond donors (Lipinski definition) is 2. The fourth-order valence-electron chi connectivity index (χ4n) is 1.52. The van der Waals surface area contributed by atoms with Crippen LogP contribution in [0.15, 0.2) is 30.3 Å². The van der Waals surface area contributed by atoms with Crippen molar-refractivity contribution in [2.24, 2.45) is 11.1 Å². The SMILES string of the molecule is CN(CC(C)(C)CN)C(=O)Nc1ccccc1. The second-order valence-corrected chi connectivity index (χ2v) is 5.02. The Balaban J connectivity index is 2.54. The monoisotopic (exact) mass is 235 g/mol. The maximum atomic E-state index is 11.9. The molecule has 3 N–H and O–H groups in total. The topological polar surface area (TPSA) is 58.4 Å². The van der Waals surface area contributed by atoms with Gasteiger partial charge in [-0.05, 0) is 24.1 Å². The molecule has 17 heavy (non-hydrogen) atoms. The minimum Gasteiger partial charge on any atom is -0.330 e. The van der Waals surface area contributed by atoms with Gasteiger partial charge in [0.15, 0.2) is 0 Å². The highest BCUT2D eigenvalue weighted by atomic mass is 16.2. The zero-order chi connectivity index (χ0) is 12.9. The lowest BCUT2D eigenvalue weighted by Crippen LogP contribution is -2.41. The van der Waals surface area contributed by atoms with E-state index in [1.165, 1.54) is 0 Å². The normalized spacial score (nSPS) is 11.1. The molecule has 0 saturated heterocycles. The number of amides is 2. The summed E-state index contributed by atoms with van der Waals surface area (Å²) in [5.41, 5.74) is 6.38. The molecule has 4 nitrogen and oxygen atoms in total. The first-order chi connectivity index (χ1) is 7.94. The van der Waals surface area contributed by atoms with Gasteiger partial charge in [0.05, 0.1) is 0 Å². The molecule has 4 heteroatoms. The van der Waals surface area contributed by atoms with Crippen molar-refractivity contribution in [1.82, 2.24) is 4.90 Å². The molecule has 0 fully saturated rings. The van der Waals surface area contributed by atoms with Crippen molar-refractivity contribution in [3.8, 4) is 0 Å². The van der Waals surface area contributed by atoms with Crippen molar-refractivity contribution in [2.75, 3.05) is 25.5 Å². The van der Waals surface area contributed by atoms with E-state index >= 15 is 0 Å². The van der Waals surface area contributed by atoms with Gasteiger partial charge < -0.3 is 16.0 Å². The van der Waals surface area contributed by atoms with Crippen LogP contribution in [0.5, 0.6) is 0 Å². The van der Waals surface area contributed by atoms with Crippen molar-refractivity contribution < 1.29 is 4.79 Å². The number of nitrogens with one attached hydrogen (secondary N) is 1. The first-order valence-corrected chi connectivity index (χ1v) is 5.72. The van der Waals surface area contributed by atoms with Gasteiger partial charge in [-0.25, -0.2) is 4.79 Å². The average molecular weight is 235 g/mol. The van der Waals surface area contributed by atoms with Gasteiger partial charge in [-0.15, -0.1) is 0 Å². The number of para-hydroxylation sites is 1. The quantitative estimate of drug-likeness (QED) is 0.840. The summed E-state index contributed by atoms with van der Waals surface area (Å²) in [5, 5.41) is 2.83. The second-order valence-electron chi connectivity index (χ2n) is 5.02. The van der Waals surface area contributed by atoms with Crippen molar-refractivity contribution in [3.05, 3.63) is 30.3 Å². The summed E-state index contributed by atoms with van der Waals surface area (Å²) < 4.78 is 0. The predicted molar refractivity (Wildman–Crippen MR) is 70.9 cm³/mol. The van der Waals surface area contributed by atoms with Gasteiger partial charge in [0.1, 0.15) is 0 Å². The van der Waals surface area contributed by atoms with Crippen molar-refractivity contribution in [1.29, 1.82) is 0 Å².